The number of allylic oxidation sites excluding steroid dienone is 1. The predicted octanol–water partition coefficient (Wildman–Crippen LogP) is 1.29. The molecule has 2 nitrogen and oxygen atoms in total. The van der Waals surface area contributed by atoms with Crippen molar-refractivity contribution in [1.29, 1.82) is 5.26 Å². The van der Waals surface area contributed by atoms with Crippen LogP contribution in [-0.4, -0.2) is 5.78 Å². The highest BCUT2D eigenvalue weighted by molar-refractivity contribution is 5.86. The number of nitriles is 1. The largest absolute Gasteiger partial charge is 0.295 e. The van der Waals surface area contributed by atoms with Gasteiger partial charge in [0.25, 0.3) is 0 Å². The van der Waals surface area contributed by atoms with Gasteiger partial charge < -0.3 is 0 Å². The average molecular weight is 111 g/mol. The Labute approximate surface area is 49.4 Å². The Bertz CT molecular complexity index is 110. The fourth-order valence-electron chi connectivity index (χ4n) is 0. The smallest absolute Gasteiger partial charge is 0.152 e. The number of hydrogen-bond acceptors (Lipinski definition) is 2. The fraction of sp³-hybridized carbons (Fsp3) is 0.333. The van der Waals surface area contributed by atoms with Crippen LogP contribution in [0.2, 0.25) is 0 Å². The zero-order valence-electron chi connectivity index (χ0n) is 5.14. The molecule has 44 valence electrons. The summed E-state index contributed by atoms with van der Waals surface area (Å²) in [6.45, 7) is 6.11. The summed E-state index contributed by atoms with van der Waals surface area (Å²) in [6, 6.07) is 1.75. The summed E-state index contributed by atoms with van der Waals surface area (Å²) in [4.78, 5) is 9.69. The Hall–Kier alpha value is -1.10. The predicted molar refractivity (Wildman–Crippen MR) is 32.2 cm³/mol. The molecule has 0 N–H and O–H groups in total. The van der Waals surface area contributed by atoms with Crippen molar-refractivity contribution < 1.29 is 4.79 Å². The van der Waals surface area contributed by atoms with Crippen LogP contribution in [0.15, 0.2) is 12.7 Å². The van der Waals surface area contributed by atoms with Crippen molar-refractivity contribution in [2.24, 2.45) is 0 Å². The lowest BCUT2D eigenvalue weighted by Crippen LogP contribution is -1.74. The molecule has 0 bridgehead atoms. The van der Waals surface area contributed by atoms with Gasteiger partial charge in [0.05, 0.1) is 6.07 Å². The summed E-state index contributed by atoms with van der Waals surface area (Å²) in [6.07, 6.45) is 1.28. The summed E-state index contributed by atoms with van der Waals surface area (Å²) in [5, 5.41) is 7.32. The number of hydrogen-bond donors (Lipinski definition) is 0. The van der Waals surface area contributed by atoms with Gasteiger partial charge in [0.15, 0.2) is 5.78 Å². The van der Waals surface area contributed by atoms with E-state index in [1.165, 1.54) is 19.9 Å². The van der Waals surface area contributed by atoms with Crippen LogP contribution in [0, 0.1) is 11.3 Å². The minimum atomic E-state index is 0.0185. The quantitative estimate of drug-likeness (QED) is 0.478. The zero-order valence-corrected chi connectivity index (χ0v) is 5.14. The molecule has 0 saturated heterocycles. The van der Waals surface area contributed by atoms with E-state index >= 15 is 0 Å². The molecule has 0 amide bonds. The maximum atomic E-state index is 9.69. The van der Waals surface area contributed by atoms with Crippen molar-refractivity contribution in [3.63, 3.8) is 0 Å². The van der Waals surface area contributed by atoms with Crippen LogP contribution in [0.25, 0.3) is 0 Å². The molecule has 0 aliphatic rings. The summed E-state index contributed by atoms with van der Waals surface area (Å²) in [5.74, 6) is 0.0185. The first kappa shape index (κ1) is 10.0. The van der Waals surface area contributed by atoms with E-state index in [4.69, 9.17) is 5.26 Å². The van der Waals surface area contributed by atoms with E-state index in [9.17, 15) is 4.79 Å². The van der Waals surface area contributed by atoms with Gasteiger partial charge in [-0.2, -0.15) is 5.26 Å². The second-order valence-corrected chi connectivity index (χ2v) is 1.04. The Morgan fingerprint density at radius 3 is 2.00 bits per heavy atom. The van der Waals surface area contributed by atoms with Crippen LogP contribution >= 0.6 is 0 Å². The molecule has 0 spiro atoms. The van der Waals surface area contributed by atoms with E-state index in [-0.39, 0.29) is 5.78 Å². The lowest BCUT2D eigenvalue weighted by Gasteiger charge is -1.62. The number of ketones is 1. The van der Waals surface area contributed by atoms with E-state index in [1.54, 1.807) is 6.07 Å². The highest BCUT2D eigenvalue weighted by atomic mass is 16.1. The molecule has 0 saturated carbocycles. The van der Waals surface area contributed by atoms with Crippen LogP contribution in [0.1, 0.15) is 13.8 Å². The van der Waals surface area contributed by atoms with Gasteiger partial charge in [0.1, 0.15) is 0 Å². The lowest BCUT2D eigenvalue weighted by atomic mass is 10.5. The van der Waals surface area contributed by atoms with Crippen LogP contribution in [0.5, 0.6) is 0 Å². The van der Waals surface area contributed by atoms with E-state index in [2.05, 4.69) is 6.58 Å². The highest BCUT2D eigenvalue weighted by Gasteiger charge is 1.69. The average Bonchev–Trinajstić information content (AvgIpc) is 1.69. The maximum absolute atomic E-state index is 9.69. The Morgan fingerprint density at radius 2 is 2.00 bits per heavy atom. The molecule has 0 heterocycles. The second-order valence-electron chi connectivity index (χ2n) is 1.04. The van der Waals surface area contributed by atoms with Crippen LogP contribution in [-0.2, 0) is 4.79 Å². The number of carbonyl (C=O) groups is 1. The van der Waals surface area contributed by atoms with E-state index in [0.29, 0.717) is 0 Å². The molecule has 0 unspecified atom stereocenters. The lowest BCUT2D eigenvalue weighted by molar-refractivity contribution is -0.112. The number of carbonyl (C=O) groups excluding carboxylic acids is 1. The number of rotatable bonds is 1. The molecule has 0 atom stereocenters. The van der Waals surface area contributed by atoms with Gasteiger partial charge >= 0.3 is 0 Å². The summed E-state index contributed by atoms with van der Waals surface area (Å²) in [7, 11) is 0. The van der Waals surface area contributed by atoms with Gasteiger partial charge in [-0.1, -0.05) is 6.58 Å². The molecule has 0 radical (unpaired) electrons. The van der Waals surface area contributed by atoms with Crippen molar-refractivity contribution >= 4 is 5.78 Å². The Morgan fingerprint density at radius 1 is 1.88 bits per heavy atom. The molecule has 0 rings (SSSR count). The standard InChI is InChI=1S/C4H6O.C2H3N/c1-3-4(2)5;1-2-3/h3H,1H2,2H3;1H3. The SMILES string of the molecule is C=CC(C)=O.CC#N. The third-order valence-corrected chi connectivity index (χ3v) is 0.287. The van der Waals surface area contributed by atoms with E-state index in [0.717, 1.165) is 0 Å². The number of nitrogens with zero attached hydrogens (tertiary/aromatic N) is 1. The van der Waals surface area contributed by atoms with Crippen molar-refractivity contribution in [2.75, 3.05) is 0 Å². The Kier molecular flexibility index (Phi) is 11.6. The molecule has 0 aromatic carbocycles. The third kappa shape index (κ3) is 92.0. The first-order chi connectivity index (χ1) is 3.68. The molecular weight excluding hydrogens is 102 g/mol. The van der Waals surface area contributed by atoms with Gasteiger partial charge in [0, 0.05) is 6.92 Å². The van der Waals surface area contributed by atoms with Gasteiger partial charge in [-0.05, 0) is 13.0 Å². The van der Waals surface area contributed by atoms with Gasteiger partial charge in [-0.3, -0.25) is 4.79 Å². The van der Waals surface area contributed by atoms with Gasteiger partial charge in [0.2, 0.25) is 0 Å². The molecule has 2 heteroatoms. The normalized spacial score (nSPS) is 5.12. The second kappa shape index (κ2) is 9.31. The van der Waals surface area contributed by atoms with Crippen LogP contribution in [0.3, 0.4) is 0 Å². The molecule has 0 fully saturated rings. The monoisotopic (exact) mass is 111 g/mol. The highest BCUT2D eigenvalue weighted by Crippen LogP contribution is 1.60. The van der Waals surface area contributed by atoms with Crippen molar-refractivity contribution in [3.8, 4) is 6.07 Å². The zero-order chi connectivity index (χ0) is 6.99. The molecule has 0 aromatic heterocycles. The molecule has 0 aliphatic heterocycles. The summed E-state index contributed by atoms with van der Waals surface area (Å²) in [5.41, 5.74) is 0. The van der Waals surface area contributed by atoms with E-state index in [1.807, 2.05) is 0 Å². The van der Waals surface area contributed by atoms with Gasteiger partial charge in [-0.25, -0.2) is 0 Å². The fourth-order valence-corrected chi connectivity index (χ4v) is 0. The molecule has 0 aliphatic carbocycles. The summed E-state index contributed by atoms with van der Waals surface area (Å²) < 4.78 is 0. The topological polar surface area (TPSA) is 40.9 Å². The van der Waals surface area contributed by atoms with E-state index < -0.39 is 0 Å². The Balaban J connectivity index is 0. The van der Waals surface area contributed by atoms with Crippen LogP contribution < -0.4 is 0 Å². The molecule has 8 heavy (non-hydrogen) atoms. The first-order valence-electron chi connectivity index (χ1n) is 2.12. The first-order valence-corrected chi connectivity index (χ1v) is 2.12. The minimum absolute atomic E-state index is 0.0185. The third-order valence-electron chi connectivity index (χ3n) is 0.287. The molecule has 0 aromatic rings. The maximum Gasteiger partial charge on any atom is 0.152 e. The van der Waals surface area contributed by atoms with Crippen molar-refractivity contribution in [2.45, 2.75) is 13.8 Å². The minimum Gasteiger partial charge on any atom is -0.295 e. The van der Waals surface area contributed by atoms with Gasteiger partial charge in [-0.15, -0.1) is 0 Å². The van der Waals surface area contributed by atoms with Crippen molar-refractivity contribution in [1.82, 2.24) is 0 Å². The summed E-state index contributed by atoms with van der Waals surface area (Å²) >= 11 is 0. The van der Waals surface area contributed by atoms with Crippen LogP contribution in [0.4, 0.5) is 0 Å². The molecular formula is C6H9NO. The van der Waals surface area contributed by atoms with Crippen molar-refractivity contribution in [3.05, 3.63) is 12.7 Å².